The fraction of sp³-hybridized carbons (Fsp3) is 0.286. The largest absolute Gasteiger partial charge is 0.497 e. The molecule has 0 atom stereocenters. The van der Waals surface area contributed by atoms with Crippen molar-refractivity contribution < 1.29 is 17.9 Å². The summed E-state index contributed by atoms with van der Waals surface area (Å²) in [4.78, 5) is 12.1. The summed E-state index contributed by atoms with van der Waals surface area (Å²) in [5.74, 6) is 0.521. The number of carbonyl (C=O) groups excluding carboxylic acids is 1. The normalized spacial score (nSPS) is 13.5. The second-order valence-electron chi connectivity index (χ2n) is 6.58. The van der Waals surface area contributed by atoms with Crippen molar-refractivity contribution in [1.82, 2.24) is 0 Å². The highest BCUT2D eigenvalue weighted by Crippen LogP contribution is 2.34. The maximum Gasteiger partial charge on any atom is 0.264 e. The first-order valence-corrected chi connectivity index (χ1v) is 10.6. The number of hydrogen-bond acceptors (Lipinski definition) is 4. The van der Waals surface area contributed by atoms with Crippen molar-refractivity contribution in [2.75, 3.05) is 23.3 Å². The van der Waals surface area contributed by atoms with Crippen molar-refractivity contribution in [2.24, 2.45) is 0 Å². The lowest BCUT2D eigenvalue weighted by molar-refractivity contribution is -0.116. The fourth-order valence-electron chi connectivity index (χ4n) is 3.22. The number of nitrogens with one attached hydrogen (secondary N) is 1. The van der Waals surface area contributed by atoms with Gasteiger partial charge in [-0.15, -0.1) is 6.58 Å². The Balaban J connectivity index is 1.86. The highest BCUT2D eigenvalue weighted by molar-refractivity contribution is 7.92. The lowest BCUT2D eigenvalue weighted by Crippen LogP contribution is -2.35. The molecule has 3 rings (SSSR count). The van der Waals surface area contributed by atoms with E-state index >= 15 is 0 Å². The Kier molecular flexibility index (Phi) is 6.04. The molecular weight excluding hydrogens is 376 g/mol. The summed E-state index contributed by atoms with van der Waals surface area (Å²) in [6.45, 7) is 4.04. The molecule has 2 aromatic carbocycles. The Morgan fingerprint density at radius 3 is 2.68 bits per heavy atom. The molecule has 7 heteroatoms. The van der Waals surface area contributed by atoms with Crippen LogP contribution in [0.15, 0.2) is 60.0 Å². The molecule has 0 saturated carbocycles. The third kappa shape index (κ3) is 4.20. The number of rotatable bonds is 7. The summed E-state index contributed by atoms with van der Waals surface area (Å²) in [7, 11) is -2.13. The van der Waals surface area contributed by atoms with E-state index in [1.165, 1.54) is 11.4 Å². The summed E-state index contributed by atoms with van der Waals surface area (Å²) in [5, 5.41) is 2.86. The number of methoxy groups -OCH3 is 1. The van der Waals surface area contributed by atoms with Crippen LogP contribution in [-0.2, 0) is 21.2 Å². The topological polar surface area (TPSA) is 75.7 Å². The van der Waals surface area contributed by atoms with E-state index in [0.29, 0.717) is 36.5 Å². The van der Waals surface area contributed by atoms with E-state index in [4.69, 9.17) is 4.74 Å². The molecule has 148 valence electrons. The summed E-state index contributed by atoms with van der Waals surface area (Å²) in [6.07, 6.45) is 4.17. The highest BCUT2D eigenvalue weighted by atomic mass is 32.2. The number of amides is 1. The molecule has 1 N–H and O–H groups in total. The number of nitrogens with zero attached hydrogens (tertiary/aromatic N) is 1. The Morgan fingerprint density at radius 1 is 1.25 bits per heavy atom. The summed E-state index contributed by atoms with van der Waals surface area (Å²) >= 11 is 0. The number of ether oxygens (including phenoxy) is 1. The van der Waals surface area contributed by atoms with Crippen LogP contribution in [0.2, 0.25) is 0 Å². The molecule has 0 saturated heterocycles. The van der Waals surface area contributed by atoms with Gasteiger partial charge in [-0.05, 0) is 67.3 Å². The minimum absolute atomic E-state index is 0.0848. The highest BCUT2D eigenvalue weighted by Gasteiger charge is 2.29. The predicted molar refractivity (Wildman–Crippen MR) is 110 cm³/mol. The zero-order valence-electron chi connectivity index (χ0n) is 15.8. The molecule has 28 heavy (non-hydrogen) atoms. The molecule has 1 aliphatic heterocycles. The first kappa shape index (κ1) is 19.9. The van der Waals surface area contributed by atoms with Crippen molar-refractivity contribution in [3.8, 4) is 5.75 Å². The van der Waals surface area contributed by atoms with E-state index < -0.39 is 10.0 Å². The van der Waals surface area contributed by atoms with Crippen LogP contribution < -0.4 is 14.4 Å². The SMILES string of the molecule is C=CCCC(=O)Nc1ccc2c(c1)CCCN2S(=O)(=O)c1ccc(OC)cc1. The number of fused-ring (bicyclic) bond motifs is 1. The van der Waals surface area contributed by atoms with Gasteiger partial charge >= 0.3 is 0 Å². The number of anilines is 2. The monoisotopic (exact) mass is 400 g/mol. The van der Waals surface area contributed by atoms with Crippen molar-refractivity contribution in [1.29, 1.82) is 0 Å². The van der Waals surface area contributed by atoms with Crippen molar-refractivity contribution >= 4 is 27.3 Å². The smallest absolute Gasteiger partial charge is 0.264 e. The number of carbonyl (C=O) groups is 1. The number of allylic oxidation sites excluding steroid dienone is 1. The molecule has 0 radical (unpaired) electrons. The molecule has 1 amide bonds. The molecule has 0 fully saturated rings. The summed E-state index contributed by atoms with van der Waals surface area (Å²) in [6, 6.07) is 11.7. The van der Waals surface area contributed by atoms with E-state index in [0.717, 1.165) is 18.4 Å². The van der Waals surface area contributed by atoms with Crippen LogP contribution in [0.3, 0.4) is 0 Å². The fourth-order valence-corrected chi connectivity index (χ4v) is 4.76. The predicted octanol–water partition coefficient (Wildman–Crippen LogP) is 3.74. The van der Waals surface area contributed by atoms with Crippen LogP contribution in [0.5, 0.6) is 5.75 Å². The van der Waals surface area contributed by atoms with Crippen LogP contribution >= 0.6 is 0 Å². The minimum Gasteiger partial charge on any atom is -0.497 e. The molecular formula is C21H24N2O4S. The van der Waals surface area contributed by atoms with Crippen LogP contribution in [0.25, 0.3) is 0 Å². The lowest BCUT2D eigenvalue weighted by atomic mass is 10.0. The standard InChI is InChI=1S/C21H24N2O4S/c1-3-4-7-21(24)22-17-8-13-20-16(15-17)6-5-14-23(20)28(25,26)19-11-9-18(27-2)10-12-19/h3,8-13,15H,1,4-7,14H2,2H3,(H,22,24). The van der Waals surface area contributed by atoms with Gasteiger partial charge in [0.15, 0.2) is 0 Å². The van der Waals surface area contributed by atoms with Gasteiger partial charge in [-0.2, -0.15) is 0 Å². The number of aryl methyl sites for hydroxylation is 1. The van der Waals surface area contributed by atoms with Crippen LogP contribution in [0, 0.1) is 0 Å². The van der Waals surface area contributed by atoms with Gasteiger partial charge in [0, 0.05) is 18.7 Å². The maximum atomic E-state index is 13.1. The second kappa shape index (κ2) is 8.48. The van der Waals surface area contributed by atoms with Crippen molar-refractivity contribution in [2.45, 2.75) is 30.6 Å². The number of sulfonamides is 1. The second-order valence-corrected chi connectivity index (χ2v) is 8.44. The van der Waals surface area contributed by atoms with E-state index in [9.17, 15) is 13.2 Å². The van der Waals surface area contributed by atoms with E-state index in [1.807, 2.05) is 6.07 Å². The van der Waals surface area contributed by atoms with Crippen LogP contribution in [-0.4, -0.2) is 28.0 Å². The van der Waals surface area contributed by atoms with Gasteiger partial charge in [-0.3, -0.25) is 9.10 Å². The average Bonchev–Trinajstić information content (AvgIpc) is 2.71. The summed E-state index contributed by atoms with van der Waals surface area (Å²) in [5.41, 5.74) is 2.24. The molecule has 1 aliphatic rings. The van der Waals surface area contributed by atoms with Crippen LogP contribution in [0.1, 0.15) is 24.8 Å². The molecule has 0 spiro atoms. The first-order chi connectivity index (χ1) is 13.5. The van der Waals surface area contributed by atoms with Crippen molar-refractivity contribution in [3.63, 3.8) is 0 Å². The Morgan fingerprint density at radius 2 is 2.00 bits per heavy atom. The van der Waals surface area contributed by atoms with E-state index in [1.54, 1.807) is 42.5 Å². The average molecular weight is 401 g/mol. The van der Waals surface area contributed by atoms with E-state index in [2.05, 4.69) is 11.9 Å². The van der Waals surface area contributed by atoms with Gasteiger partial charge in [0.2, 0.25) is 5.91 Å². The molecule has 1 heterocycles. The van der Waals surface area contributed by atoms with Gasteiger partial charge in [-0.25, -0.2) is 8.42 Å². The third-order valence-electron chi connectivity index (χ3n) is 4.66. The lowest BCUT2D eigenvalue weighted by Gasteiger charge is -2.31. The van der Waals surface area contributed by atoms with Gasteiger partial charge in [0.25, 0.3) is 10.0 Å². The molecule has 6 nitrogen and oxygen atoms in total. The zero-order chi connectivity index (χ0) is 20.1. The number of benzene rings is 2. The molecule has 0 bridgehead atoms. The number of hydrogen-bond donors (Lipinski definition) is 1. The quantitative estimate of drug-likeness (QED) is 0.719. The molecule has 0 aliphatic carbocycles. The summed E-state index contributed by atoms with van der Waals surface area (Å²) < 4.78 is 32.8. The van der Waals surface area contributed by atoms with Crippen LogP contribution in [0.4, 0.5) is 11.4 Å². The Bertz CT molecular complexity index is 968. The van der Waals surface area contributed by atoms with Gasteiger partial charge in [0.1, 0.15) is 5.75 Å². The zero-order valence-corrected chi connectivity index (χ0v) is 16.7. The molecule has 0 unspecified atom stereocenters. The molecule has 0 aromatic heterocycles. The molecule has 2 aromatic rings. The first-order valence-electron chi connectivity index (χ1n) is 9.16. The van der Waals surface area contributed by atoms with Crippen molar-refractivity contribution in [3.05, 3.63) is 60.7 Å². The van der Waals surface area contributed by atoms with Gasteiger partial charge in [-0.1, -0.05) is 6.08 Å². The van der Waals surface area contributed by atoms with Gasteiger partial charge < -0.3 is 10.1 Å². The third-order valence-corrected chi connectivity index (χ3v) is 6.49. The van der Waals surface area contributed by atoms with E-state index in [-0.39, 0.29) is 10.8 Å². The maximum absolute atomic E-state index is 13.1. The Labute approximate surface area is 165 Å². The Hall–Kier alpha value is -2.80. The minimum atomic E-state index is -3.67. The van der Waals surface area contributed by atoms with Gasteiger partial charge in [0.05, 0.1) is 17.7 Å².